The number of amides is 1. The van der Waals surface area contributed by atoms with Crippen LogP contribution in [0, 0.1) is 0 Å². The zero-order valence-electron chi connectivity index (χ0n) is 16.0. The van der Waals surface area contributed by atoms with E-state index in [0.717, 1.165) is 81.8 Å². The largest absolute Gasteiger partial charge is 0.348 e. The molecular weight excluding hydrogens is 348 g/mol. The normalized spacial score (nSPS) is 17.0. The maximum Gasteiger partial charge on any atom is 0.348 e. The van der Waals surface area contributed by atoms with Crippen LogP contribution in [0.15, 0.2) is 9.82 Å². The summed E-state index contributed by atoms with van der Waals surface area (Å²) >= 11 is 1.46. The number of fused-ring (bicyclic) bond motifs is 1. The lowest BCUT2D eigenvalue weighted by Gasteiger charge is -2.23. The van der Waals surface area contributed by atoms with Gasteiger partial charge in [-0.3, -0.25) is 9.36 Å². The summed E-state index contributed by atoms with van der Waals surface area (Å²) in [5.74, 6) is 0.567. The molecule has 0 bridgehead atoms. The van der Waals surface area contributed by atoms with Gasteiger partial charge in [0.15, 0.2) is 0 Å². The molecule has 1 aromatic rings. The zero-order valence-corrected chi connectivity index (χ0v) is 16.8. The third-order valence-electron chi connectivity index (χ3n) is 5.23. The topological polar surface area (TPSA) is 58.4 Å². The molecule has 2 aliphatic rings. The molecule has 3 rings (SSSR count). The van der Waals surface area contributed by atoms with Crippen LogP contribution in [0.2, 0.25) is 0 Å². The molecule has 0 spiro atoms. The molecule has 2 heterocycles. The summed E-state index contributed by atoms with van der Waals surface area (Å²) in [5, 5.41) is 0.793. The monoisotopic (exact) mass is 378 g/mol. The minimum absolute atomic E-state index is 0.152. The maximum atomic E-state index is 12.6. The second kappa shape index (κ2) is 9.04. The van der Waals surface area contributed by atoms with Crippen LogP contribution in [0.4, 0.5) is 0 Å². The Kier molecular flexibility index (Phi) is 6.75. The Labute approximate surface area is 160 Å². The van der Waals surface area contributed by atoms with Gasteiger partial charge in [-0.15, -0.1) is 0 Å². The first-order chi connectivity index (χ1) is 12.6. The maximum absolute atomic E-state index is 12.6. The molecule has 1 aromatic heterocycles. The van der Waals surface area contributed by atoms with Crippen molar-refractivity contribution in [3.63, 3.8) is 0 Å². The molecule has 1 fully saturated rings. The molecule has 0 aromatic carbocycles. The van der Waals surface area contributed by atoms with Gasteiger partial charge in [0.05, 0.1) is 5.75 Å². The van der Waals surface area contributed by atoms with Crippen molar-refractivity contribution in [3.05, 3.63) is 21.7 Å². The number of nitrogens with zero attached hydrogens (tertiary/aromatic N) is 4. The van der Waals surface area contributed by atoms with Gasteiger partial charge in [-0.25, -0.2) is 4.79 Å². The Morgan fingerprint density at radius 2 is 1.88 bits per heavy atom. The van der Waals surface area contributed by atoms with Gasteiger partial charge < -0.3 is 9.80 Å². The van der Waals surface area contributed by atoms with Crippen LogP contribution in [-0.4, -0.2) is 64.7 Å². The number of thioether (sulfide) groups is 1. The zero-order chi connectivity index (χ0) is 18.5. The van der Waals surface area contributed by atoms with E-state index in [1.165, 1.54) is 17.3 Å². The van der Waals surface area contributed by atoms with Crippen molar-refractivity contribution in [2.24, 2.45) is 0 Å². The summed E-state index contributed by atoms with van der Waals surface area (Å²) in [5.41, 5.74) is 2.21. The number of carbonyl (C=O) groups is 1. The van der Waals surface area contributed by atoms with E-state index >= 15 is 0 Å². The fraction of sp³-hybridized carbons (Fsp3) is 0.737. The summed E-state index contributed by atoms with van der Waals surface area (Å²) in [6.45, 7) is 3.43. The van der Waals surface area contributed by atoms with Crippen LogP contribution in [-0.2, 0) is 24.2 Å². The second-order valence-corrected chi connectivity index (χ2v) is 8.48. The van der Waals surface area contributed by atoms with Gasteiger partial charge in [0, 0.05) is 30.9 Å². The highest BCUT2D eigenvalue weighted by atomic mass is 32.2. The molecule has 0 atom stereocenters. The number of hydrogen-bond donors (Lipinski definition) is 0. The molecule has 0 unspecified atom stereocenters. The van der Waals surface area contributed by atoms with Crippen molar-refractivity contribution in [1.82, 2.24) is 19.4 Å². The lowest BCUT2D eigenvalue weighted by Crippen LogP contribution is -2.32. The number of carbonyl (C=O) groups excluding carboxylic acids is 1. The Balaban J connectivity index is 1.74. The number of rotatable bonds is 7. The van der Waals surface area contributed by atoms with Crippen molar-refractivity contribution >= 4 is 17.7 Å². The number of aromatic nitrogens is 2. The smallest absolute Gasteiger partial charge is 0.342 e. The van der Waals surface area contributed by atoms with Gasteiger partial charge in [-0.1, -0.05) is 11.8 Å². The van der Waals surface area contributed by atoms with Crippen molar-refractivity contribution in [2.75, 3.05) is 39.5 Å². The predicted octanol–water partition coefficient (Wildman–Crippen LogP) is 1.79. The SMILES string of the molecule is CN(C)CCCn1c2c(c(SCC(=O)N3CCCC3)nc1=O)CCCC2. The standard InChI is InChI=1S/C19H30N4O2S/c1-21(2)10-7-13-23-16-9-4-3-8-15(16)18(20-19(23)25)26-14-17(24)22-11-5-6-12-22/h3-14H2,1-2H3. The number of likely N-dealkylation sites (tertiary alicyclic amines) is 1. The van der Waals surface area contributed by atoms with Crippen LogP contribution in [0.5, 0.6) is 0 Å². The minimum atomic E-state index is -0.152. The molecule has 1 saturated heterocycles. The van der Waals surface area contributed by atoms with E-state index in [4.69, 9.17) is 0 Å². The van der Waals surface area contributed by atoms with E-state index in [2.05, 4.69) is 9.88 Å². The lowest BCUT2D eigenvalue weighted by atomic mass is 9.97. The Bertz CT molecular complexity index is 696. The minimum Gasteiger partial charge on any atom is -0.342 e. The van der Waals surface area contributed by atoms with Crippen LogP contribution in [0.1, 0.15) is 43.4 Å². The molecule has 0 saturated carbocycles. The van der Waals surface area contributed by atoms with E-state index in [0.29, 0.717) is 5.75 Å². The Morgan fingerprint density at radius 3 is 2.62 bits per heavy atom. The van der Waals surface area contributed by atoms with E-state index in [1.807, 2.05) is 23.6 Å². The average Bonchev–Trinajstić information content (AvgIpc) is 3.16. The first kappa shape index (κ1) is 19.4. The summed E-state index contributed by atoms with van der Waals surface area (Å²) in [4.78, 5) is 33.4. The molecule has 26 heavy (non-hydrogen) atoms. The highest BCUT2D eigenvalue weighted by molar-refractivity contribution is 7.99. The van der Waals surface area contributed by atoms with Gasteiger partial charge >= 0.3 is 5.69 Å². The molecule has 1 amide bonds. The van der Waals surface area contributed by atoms with Crippen molar-refractivity contribution in [2.45, 2.75) is 56.5 Å². The third-order valence-corrected chi connectivity index (χ3v) is 6.23. The molecule has 144 valence electrons. The highest BCUT2D eigenvalue weighted by Gasteiger charge is 2.23. The highest BCUT2D eigenvalue weighted by Crippen LogP contribution is 2.29. The first-order valence-electron chi connectivity index (χ1n) is 9.74. The Hall–Kier alpha value is -1.34. The molecule has 6 nitrogen and oxygen atoms in total. The summed E-state index contributed by atoms with van der Waals surface area (Å²) in [7, 11) is 4.10. The fourth-order valence-corrected chi connectivity index (χ4v) is 4.81. The van der Waals surface area contributed by atoms with Crippen molar-refractivity contribution < 1.29 is 4.79 Å². The molecule has 7 heteroatoms. The van der Waals surface area contributed by atoms with Crippen molar-refractivity contribution in [3.8, 4) is 0 Å². The van der Waals surface area contributed by atoms with Crippen LogP contribution in [0.3, 0.4) is 0 Å². The van der Waals surface area contributed by atoms with Crippen LogP contribution in [0.25, 0.3) is 0 Å². The third kappa shape index (κ3) is 4.68. The van der Waals surface area contributed by atoms with E-state index in [1.54, 1.807) is 0 Å². The molecular formula is C19H30N4O2S. The lowest BCUT2D eigenvalue weighted by molar-refractivity contribution is -0.127. The van der Waals surface area contributed by atoms with Crippen molar-refractivity contribution in [1.29, 1.82) is 0 Å². The Morgan fingerprint density at radius 1 is 1.15 bits per heavy atom. The quantitative estimate of drug-likeness (QED) is 0.535. The van der Waals surface area contributed by atoms with E-state index in [9.17, 15) is 9.59 Å². The van der Waals surface area contributed by atoms with Gasteiger partial charge in [0.1, 0.15) is 5.03 Å². The van der Waals surface area contributed by atoms with Gasteiger partial charge in [0.25, 0.3) is 0 Å². The molecule has 1 aliphatic carbocycles. The summed E-state index contributed by atoms with van der Waals surface area (Å²) < 4.78 is 1.88. The first-order valence-corrected chi connectivity index (χ1v) is 10.7. The van der Waals surface area contributed by atoms with E-state index < -0.39 is 0 Å². The van der Waals surface area contributed by atoms with Gasteiger partial charge in [-0.05, 0) is 65.6 Å². The van der Waals surface area contributed by atoms with Gasteiger partial charge in [0.2, 0.25) is 5.91 Å². The van der Waals surface area contributed by atoms with Crippen LogP contribution >= 0.6 is 11.8 Å². The second-order valence-electron chi connectivity index (χ2n) is 7.52. The van der Waals surface area contributed by atoms with Crippen LogP contribution < -0.4 is 5.69 Å². The molecule has 1 aliphatic heterocycles. The van der Waals surface area contributed by atoms with Gasteiger partial charge in [-0.2, -0.15) is 4.98 Å². The number of hydrogen-bond acceptors (Lipinski definition) is 5. The average molecular weight is 379 g/mol. The fourth-order valence-electron chi connectivity index (χ4n) is 3.83. The summed E-state index contributed by atoms with van der Waals surface area (Å²) in [6, 6.07) is 0. The predicted molar refractivity (Wildman–Crippen MR) is 105 cm³/mol. The summed E-state index contributed by atoms with van der Waals surface area (Å²) in [6.07, 6.45) is 7.33. The molecule has 0 N–H and O–H groups in total. The molecule has 0 radical (unpaired) electrons. The van der Waals surface area contributed by atoms with E-state index in [-0.39, 0.29) is 11.6 Å².